The van der Waals surface area contributed by atoms with Crippen LogP contribution in [0.3, 0.4) is 0 Å². The van der Waals surface area contributed by atoms with Gasteiger partial charge in [-0.1, -0.05) is 6.42 Å². The highest BCUT2D eigenvalue weighted by atomic mass is 32.1. The summed E-state index contributed by atoms with van der Waals surface area (Å²) in [5.41, 5.74) is 0.232. The maximum Gasteiger partial charge on any atom is 0.263 e. The normalized spacial score (nSPS) is 24.7. The molecule has 3 aliphatic rings. The molecular weight excluding hydrogens is 332 g/mol. The van der Waals surface area contributed by atoms with Gasteiger partial charge >= 0.3 is 0 Å². The molecule has 2 saturated carbocycles. The van der Waals surface area contributed by atoms with Crippen molar-refractivity contribution in [1.82, 2.24) is 19.7 Å². The van der Waals surface area contributed by atoms with E-state index in [9.17, 15) is 4.79 Å². The molecule has 3 heterocycles. The molecule has 2 aliphatic carbocycles. The number of hydrogen-bond acceptors (Lipinski definition) is 4. The molecule has 0 N–H and O–H groups in total. The smallest absolute Gasteiger partial charge is 0.263 e. The predicted molar refractivity (Wildman–Crippen MR) is 96.7 cm³/mol. The lowest BCUT2D eigenvalue weighted by Gasteiger charge is -2.42. The molecule has 0 aromatic carbocycles. The molecule has 1 aliphatic heterocycles. The zero-order valence-corrected chi connectivity index (χ0v) is 15.5. The summed E-state index contributed by atoms with van der Waals surface area (Å²) in [5, 5.41) is 8.72. The summed E-state index contributed by atoms with van der Waals surface area (Å²) in [4.78, 5) is 17.1. The summed E-state index contributed by atoms with van der Waals surface area (Å²) in [6, 6.07) is 4.01. The number of amides is 1. The fourth-order valence-corrected chi connectivity index (χ4v) is 5.41. The van der Waals surface area contributed by atoms with E-state index in [-0.39, 0.29) is 11.3 Å². The molecule has 1 atom stereocenters. The molecule has 2 aromatic rings. The zero-order valence-electron chi connectivity index (χ0n) is 14.6. The average molecular weight is 356 g/mol. The highest BCUT2D eigenvalue weighted by molar-refractivity contribution is 7.13. The van der Waals surface area contributed by atoms with Crippen molar-refractivity contribution in [2.24, 2.45) is 11.3 Å². The SMILES string of the molecule is Cc1ccc(C(=O)N2CC(c3nncn3CC3CC3)C3(CCC3)C2)s1. The number of aryl methyl sites for hydroxylation is 1. The summed E-state index contributed by atoms with van der Waals surface area (Å²) < 4.78 is 2.27. The first-order valence-corrected chi connectivity index (χ1v) is 10.2. The van der Waals surface area contributed by atoms with Crippen LogP contribution in [0.25, 0.3) is 0 Å². The molecule has 1 spiro atoms. The van der Waals surface area contributed by atoms with Gasteiger partial charge in [0.05, 0.1) is 4.88 Å². The summed E-state index contributed by atoms with van der Waals surface area (Å²) >= 11 is 1.60. The molecule has 5 rings (SSSR count). The van der Waals surface area contributed by atoms with Gasteiger partial charge in [0.1, 0.15) is 12.2 Å². The monoisotopic (exact) mass is 356 g/mol. The van der Waals surface area contributed by atoms with Crippen molar-refractivity contribution < 1.29 is 4.79 Å². The lowest BCUT2D eigenvalue weighted by molar-refractivity contribution is 0.0727. The van der Waals surface area contributed by atoms with E-state index in [1.807, 2.05) is 18.5 Å². The maximum absolute atomic E-state index is 13.0. The van der Waals surface area contributed by atoms with E-state index in [1.54, 1.807) is 11.3 Å². The number of carbonyl (C=O) groups excluding carboxylic acids is 1. The van der Waals surface area contributed by atoms with E-state index in [2.05, 4.69) is 26.6 Å². The molecule has 1 saturated heterocycles. The summed E-state index contributed by atoms with van der Waals surface area (Å²) in [7, 11) is 0. The molecule has 0 bridgehead atoms. The lowest BCUT2D eigenvalue weighted by Crippen LogP contribution is -2.38. The fraction of sp³-hybridized carbons (Fsp3) is 0.632. The summed E-state index contributed by atoms with van der Waals surface area (Å²) in [6.45, 7) is 4.78. The molecular formula is C19H24N4OS. The molecule has 1 unspecified atom stereocenters. The third-order valence-electron chi connectivity index (χ3n) is 6.34. The van der Waals surface area contributed by atoms with Gasteiger partial charge < -0.3 is 9.47 Å². The molecule has 132 valence electrons. The van der Waals surface area contributed by atoms with Crippen molar-refractivity contribution in [3.8, 4) is 0 Å². The van der Waals surface area contributed by atoms with E-state index < -0.39 is 0 Å². The van der Waals surface area contributed by atoms with Gasteiger partial charge in [0.15, 0.2) is 0 Å². The first-order valence-electron chi connectivity index (χ1n) is 9.38. The highest BCUT2D eigenvalue weighted by Crippen LogP contribution is 2.55. The van der Waals surface area contributed by atoms with Crippen LogP contribution in [-0.4, -0.2) is 38.7 Å². The molecule has 25 heavy (non-hydrogen) atoms. The van der Waals surface area contributed by atoms with Crippen LogP contribution in [0.15, 0.2) is 18.5 Å². The fourth-order valence-electron chi connectivity index (χ4n) is 4.57. The largest absolute Gasteiger partial charge is 0.337 e. The minimum Gasteiger partial charge on any atom is -0.337 e. The van der Waals surface area contributed by atoms with Gasteiger partial charge in [-0.3, -0.25) is 4.79 Å². The van der Waals surface area contributed by atoms with E-state index in [1.165, 1.54) is 37.0 Å². The molecule has 6 heteroatoms. The van der Waals surface area contributed by atoms with Crippen molar-refractivity contribution >= 4 is 17.2 Å². The van der Waals surface area contributed by atoms with Crippen LogP contribution < -0.4 is 0 Å². The topological polar surface area (TPSA) is 51.0 Å². The van der Waals surface area contributed by atoms with E-state index >= 15 is 0 Å². The Kier molecular flexibility index (Phi) is 3.52. The van der Waals surface area contributed by atoms with Crippen molar-refractivity contribution in [2.45, 2.75) is 51.5 Å². The number of nitrogens with zero attached hydrogens (tertiary/aromatic N) is 4. The number of rotatable bonds is 4. The maximum atomic E-state index is 13.0. The predicted octanol–water partition coefficient (Wildman–Crippen LogP) is 3.47. The third-order valence-corrected chi connectivity index (χ3v) is 7.33. The van der Waals surface area contributed by atoms with E-state index in [4.69, 9.17) is 0 Å². The summed E-state index contributed by atoms with van der Waals surface area (Å²) in [6.07, 6.45) is 8.24. The standard InChI is InChI=1S/C19H24N4OS/c1-13-3-6-16(25-13)18(24)22-10-15(19(11-22)7-2-8-19)17-21-20-12-23(17)9-14-4-5-14/h3,6,12,14-15H,2,4-5,7-11H2,1H3. The van der Waals surface area contributed by atoms with Gasteiger partial charge in [-0.2, -0.15) is 0 Å². The number of hydrogen-bond donors (Lipinski definition) is 0. The second-order valence-electron chi connectivity index (χ2n) is 8.15. The Balaban J connectivity index is 1.42. The zero-order chi connectivity index (χ0) is 17.0. The number of carbonyl (C=O) groups is 1. The van der Waals surface area contributed by atoms with Gasteiger partial charge in [0.25, 0.3) is 5.91 Å². The highest BCUT2D eigenvalue weighted by Gasteiger charge is 2.53. The van der Waals surface area contributed by atoms with Gasteiger partial charge in [-0.25, -0.2) is 0 Å². The Bertz CT molecular complexity index is 802. The van der Waals surface area contributed by atoms with Gasteiger partial charge in [0, 0.05) is 30.4 Å². The Hall–Kier alpha value is -1.69. The van der Waals surface area contributed by atoms with Crippen molar-refractivity contribution in [2.75, 3.05) is 13.1 Å². The minimum atomic E-state index is 0.195. The Labute approximate surface area is 152 Å². The first-order chi connectivity index (χ1) is 12.1. The van der Waals surface area contributed by atoms with Crippen LogP contribution in [0.1, 0.15) is 58.4 Å². The van der Waals surface area contributed by atoms with Crippen LogP contribution in [0, 0.1) is 18.3 Å². The Morgan fingerprint density at radius 2 is 2.20 bits per heavy atom. The molecule has 2 aromatic heterocycles. The van der Waals surface area contributed by atoms with Crippen LogP contribution in [0.2, 0.25) is 0 Å². The Morgan fingerprint density at radius 1 is 1.36 bits per heavy atom. The molecule has 5 nitrogen and oxygen atoms in total. The Morgan fingerprint density at radius 3 is 2.84 bits per heavy atom. The van der Waals surface area contributed by atoms with Crippen LogP contribution in [0.4, 0.5) is 0 Å². The van der Waals surface area contributed by atoms with Crippen LogP contribution in [-0.2, 0) is 6.54 Å². The van der Waals surface area contributed by atoms with Crippen molar-refractivity contribution in [3.63, 3.8) is 0 Å². The lowest BCUT2D eigenvalue weighted by atomic mass is 9.62. The van der Waals surface area contributed by atoms with E-state index in [0.29, 0.717) is 5.92 Å². The number of thiophene rings is 1. The average Bonchev–Trinajstić information content (AvgIpc) is 2.98. The van der Waals surface area contributed by atoms with Gasteiger partial charge in [-0.15, -0.1) is 21.5 Å². The molecule has 1 amide bonds. The minimum absolute atomic E-state index is 0.195. The number of aromatic nitrogens is 3. The van der Waals surface area contributed by atoms with Crippen molar-refractivity contribution in [1.29, 1.82) is 0 Å². The second-order valence-corrected chi connectivity index (χ2v) is 9.44. The van der Waals surface area contributed by atoms with E-state index in [0.717, 1.165) is 36.3 Å². The van der Waals surface area contributed by atoms with Crippen molar-refractivity contribution in [3.05, 3.63) is 34.0 Å². The number of likely N-dealkylation sites (tertiary alicyclic amines) is 1. The quantitative estimate of drug-likeness (QED) is 0.843. The second kappa shape index (κ2) is 5.66. The third kappa shape index (κ3) is 2.62. The van der Waals surface area contributed by atoms with Gasteiger partial charge in [-0.05, 0) is 56.1 Å². The molecule has 0 radical (unpaired) electrons. The summed E-state index contributed by atoms with van der Waals surface area (Å²) in [5.74, 6) is 2.46. The van der Waals surface area contributed by atoms with Crippen LogP contribution >= 0.6 is 11.3 Å². The molecule has 3 fully saturated rings. The van der Waals surface area contributed by atoms with Gasteiger partial charge in [0.2, 0.25) is 0 Å². The first kappa shape index (κ1) is 15.6. The van der Waals surface area contributed by atoms with Crippen LogP contribution in [0.5, 0.6) is 0 Å².